The molecule has 1 aliphatic carbocycles. The van der Waals surface area contributed by atoms with Crippen LogP contribution >= 0.6 is 0 Å². The zero-order valence-electron chi connectivity index (χ0n) is 9.41. The largest absolute Gasteiger partial charge is 0.364 e. The van der Waals surface area contributed by atoms with Gasteiger partial charge in [0.15, 0.2) is 0 Å². The van der Waals surface area contributed by atoms with Crippen molar-refractivity contribution in [3.63, 3.8) is 0 Å². The van der Waals surface area contributed by atoms with E-state index in [4.69, 9.17) is 4.52 Å². The molecule has 0 bridgehead atoms. The third kappa shape index (κ3) is 2.81. The molecular formula is C12H20N2O. The Morgan fingerprint density at radius 3 is 3.07 bits per heavy atom. The van der Waals surface area contributed by atoms with Crippen molar-refractivity contribution in [3.05, 3.63) is 18.0 Å². The van der Waals surface area contributed by atoms with Gasteiger partial charge in [0.25, 0.3) is 0 Å². The van der Waals surface area contributed by atoms with E-state index in [0.717, 1.165) is 18.2 Å². The van der Waals surface area contributed by atoms with E-state index in [0.29, 0.717) is 6.04 Å². The molecule has 1 saturated carbocycles. The van der Waals surface area contributed by atoms with Crippen LogP contribution in [0.5, 0.6) is 0 Å². The minimum absolute atomic E-state index is 0.681. The van der Waals surface area contributed by atoms with Crippen LogP contribution in [0.15, 0.2) is 16.9 Å². The van der Waals surface area contributed by atoms with Crippen LogP contribution in [0.3, 0.4) is 0 Å². The first kappa shape index (κ1) is 10.7. The number of aromatic nitrogens is 1. The molecule has 84 valence electrons. The summed E-state index contributed by atoms with van der Waals surface area (Å²) in [6.45, 7) is 3.14. The van der Waals surface area contributed by atoms with Crippen molar-refractivity contribution >= 4 is 0 Å². The minimum atomic E-state index is 0.681. The molecule has 0 radical (unpaired) electrons. The molecule has 2 atom stereocenters. The Hall–Kier alpha value is -0.830. The van der Waals surface area contributed by atoms with E-state index < -0.39 is 0 Å². The van der Waals surface area contributed by atoms with Crippen LogP contribution in [-0.2, 0) is 6.54 Å². The predicted molar refractivity (Wildman–Crippen MR) is 59.4 cm³/mol. The first-order chi connectivity index (χ1) is 7.40. The van der Waals surface area contributed by atoms with E-state index in [1.165, 1.54) is 32.1 Å². The van der Waals surface area contributed by atoms with Crippen LogP contribution in [0.4, 0.5) is 0 Å². The van der Waals surface area contributed by atoms with Crippen molar-refractivity contribution in [1.29, 1.82) is 0 Å². The third-order valence-corrected chi connectivity index (χ3v) is 3.47. The number of hydrogen-bond acceptors (Lipinski definition) is 3. The molecule has 1 aliphatic rings. The van der Waals surface area contributed by atoms with Gasteiger partial charge in [0.05, 0.1) is 5.69 Å². The highest BCUT2D eigenvalue weighted by molar-refractivity contribution is 4.95. The quantitative estimate of drug-likeness (QED) is 0.826. The van der Waals surface area contributed by atoms with Crippen LogP contribution in [0, 0.1) is 5.92 Å². The molecule has 1 aromatic rings. The number of nitrogens with zero attached hydrogens (tertiary/aromatic N) is 1. The maximum Gasteiger partial charge on any atom is 0.124 e. The molecule has 1 fully saturated rings. The van der Waals surface area contributed by atoms with Gasteiger partial charge in [-0.15, -0.1) is 0 Å². The van der Waals surface area contributed by atoms with Gasteiger partial charge in [-0.2, -0.15) is 0 Å². The molecule has 0 aromatic carbocycles. The van der Waals surface area contributed by atoms with E-state index in [1.54, 1.807) is 6.26 Å². The Labute approximate surface area is 91.2 Å². The van der Waals surface area contributed by atoms with Crippen molar-refractivity contribution in [1.82, 2.24) is 10.5 Å². The van der Waals surface area contributed by atoms with Crippen LogP contribution in [0.1, 0.15) is 44.7 Å². The third-order valence-electron chi connectivity index (χ3n) is 3.47. The van der Waals surface area contributed by atoms with Crippen molar-refractivity contribution in [2.75, 3.05) is 0 Å². The number of nitrogens with one attached hydrogen (secondary N) is 1. The Kier molecular flexibility index (Phi) is 3.78. The van der Waals surface area contributed by atoms with E-state index >= 15 is 0 Å². The van der Waals surface area contributed by atoms with Crippen molar-refractivity contribution in [2.45, 2.75) is 51.6 Å². The van der Waals surface area contributed by atoms with Crippen molar-refractivity contribution in [2.24, 2.45) is 5.92 Å². The average Bonchev–Trinajstić information content (AvgIpc) is 2.79. The van der Waals surface area contributed by atoms with Gasteiger partial charge in [0.1, 0.15) is 6.26 Å². The summed E-state index contributed by atoms with van der Waals surface area (Å²) in [4.78, 5) is 0. The first-order valence-corrected chi connectivity index (χ1v) is 6.02. The standard InChI is InChI=1S/C12H20N2O/c1-2-10-5-3-4-6-12(10)13-9-11-7-8-15-14-11/h7-8,10,12-13H,2-6,9H2,1H3. The van der Waals surface area contributed by atoms with Crippen LogP contribution in [-0.4, -0.2) is 11.2 Å². The molecule has 15 heavy (non-hydrogen) atoms. The van der Waals surface area contributed by atoms with Gasteiger partial charge in [-0.25, -0.2) is 0 Å². The second-order valence-corrected chi connectivity index (χ2v) is 4.43. The summed E-state index contributed by atoms with van der Waals surface area (Å²) in [6, 6.07) is 2.61. The topological polar surface area (TPSA) is 38.1 Å². The summed E-state index contributed by atoms with van der Waals surface area (Å²) in [5, 5.41) is 7.52. The van der Waals surface area contributed by atoms with E-state index in [1.807, 2.05) is 6.07 Å². The fourth-order valence-corrected chi connectivity index (χ4v) is 2.53. The molecule has 2 rings (SSSR count). The lowest BCUT2D eigenvalue weighted by Gasteiger charge is -2.31. The predicted octanol–water partition coefficient (Wildman–Crippen LogP) is 2.73. The smallest absolute Gasteiger partial charge is 0.124 e. The molecule has 3 heteroatoms. The van der Waals surface area contributed by atoms with E-state index in [-0.39, 0.29) is 0 Å². The lowest BCUT2D eigenvalue weighted by Crippen LogP contribution is -2.37. The SMILES string of the molecule is CCC1CCCCC1NCc1ccon1. The van der Waals surface area contributed by atoms with E-state index in [2.05, 4.69) is 17.4 Å². The normalized spacial score (nSPS) is 26.7. The highest BCUT2D eigenvalue weighted by Crippen LogP contribution is 2.26. The monoisotopic (exact) mass is 208 g/mol. The fourth-order valence-electron chi connectivity index (χ4n) is 2.53. The summed E-state index contributed by atoms with van der Waals surface area (Å²) in [7, 11) is 0. The summed E-state index contributed by atoms with van der Waals surface area (Å²) < 4.78 is 4.82. The van der Waals surface area contributed by atoms with E-state index in [9.17, 15) is 0 Å². The minimum Gasteiger partial charge on any atom is -0.364 e. The number of hydrogen-bond donors (Lipinski definition) is 1. The van der Waals surface area contributed by atoms with Crippen molar-refractivity contribution in [3.8, 4) is 0 Å². The van der Waals surface area contributed by atoms with Gasteiger partial charge < -0.3 is 9.84 Å². The molecule has 0 aliphatic heterocycles. The van der Waals surface area contributed by atoms with Gasteiger partial charge in [-0.05, 0) is 18.8 Å². The Bertz CT molecular complexity index is 271. The number of rotatable bonds is 4. The van der Waals surface area contributed by atoms with Gasteiger partial charge in [0.2, 0.25) is 0 Å². The van der Waals surface area contributed by atoms with Gasteiger partial charge in [-0.3, -0.25) is 0 Å². The molecule has 3 nitrogen and oxygen atoms in total. The maximum absolute atomic E-state index is 4.82. The zero-order chi connectivity index (χ0) is 10.5. The zero-order valence-corrected chi connectivity index (χ0v) is 9.41. The summed E-state index contributed by atoms with van der Waals surface area (Å²) in [5.41, 5.74) is 1.01. The summed E-state index contributed by atoms with van der Waals surface area (Å²) in [5.74, 6) is 0.852. The average molecular weight is 208 g/mol. The second kappa shape index (κ2) is 5.31. The molecule has 1 N–H and O–H groups in total. The highest BCUT2D eigenvalue weighted by atomic mass is 16.5. The molecule has 2 unspecified atom stereocenters. The lowest BCUT2D eigenvalue weighted by molar-refractivity contribution is 0.252. The second-order valence-electron chi connectivity index (χ2n) is 4.43. The van der Waals surface area contributed by atoms with Gasteiger partial charge >= 0.3 is 0 Å². The summed E-state index contributed by atoms with van der Waals surface area (Å²) in [6.07, 6.45) is 8.39. The van der Waals surface area contributed by atoms with Gasteiger partial charge in [-0.1, -0.05) is 31.3 Å². The molecular weight excluding hydrogens is 188 g/mol. The first-order valence-electron chi connectivity index (χ1n) is 6.02. The Morgan fingerprint density at radius 1 is 1.47 bits per heavy atom. The Morgan fingerprint density at radius 2 is 2.33 bits per heavy atom. The van der Waals surface area contributed by atoms with Crippen LogP contribution < -0.4 is 5.32 Å². The van der Waals surface area contributed by atoms with Gasteiger partial charge in [0, 0.05) is 18.7 Å². The summed E-state index contributed by atoms with van der Waals surface area (Å²) >= 11 is 0. The molecule has 0 saturated heterocycles. The Balaban J connectivity index is 1.81. The molecule has 0 spiro atoms. The van der Waals surface area contributed by atoms with Crippen LogP contribution in [0.25, 0.3) is 0 Å². The molecule has 0 amide bonds. The lowest BCUT2D eigenvalue weighted by atomic mass is 9.83. The molecule has 1 aromatic heterocycles. The van der Waals surface area contributed by atoms with Crippen molar-refractivity contribution < 1.29 is 4.52 Å². The van der Waals surface area contributed by atoms with Crippen LogP contribution in [0.2, 0.25) is 0 Å². The highest BCUT2D eigenvalue weighted by Gasteiger charge is 2.22. The fraction of sp³-hybridized carbons (Fsp3) is 0.750. The maximum atomic E-state index is 4.82. The molecule has 1 heterocycles.